The molecular weight excluding hydrogens is 354 g/mol. The molecular formula is C22H29N3O3. The summed E-state index contributed by atoms with van der Waals surface area (Å²) in [6.07, 6.45) is 0. The van der Waals surface area contributed by atoms with Crippen LogP contribution in [0, 0.1) is 0 Å². The zero-order chi connectivity index (χ0) is 19.9. The first kappa shape index (κ1) is 20.0. The number of carbonyl (C=O) groups excluding carboxylic acids is 1. The molecule has 1 heterocycles. The molecule has 0 atom stereocenters. The fraction of sp³-hybridized carbons (Fsp3) is 0.409. The lowest BCUT2D eigenvalue weighted by Crippen LogP contribution is -2.49. The molecule has 1 aliphatic rings. The van der Waals surface area contributed by atoms with E-state index in [2.05, 4.69) is 15.9 Å². The Morgan fingerprint density at radius 3 is 2.21 bits per heavy atom. The van der Waals surface area contributed by atoms with E-state index >= 15 is 0 Å². The average molecular weight is 383 g/mol. The van der Waals surface area contributed by atoms with Crippen molar-refractivity contribution in [2.75, 3.05) is 58.9 Å². The summed E-state index contributed by atoms with van der Waals surface area (Å²) in [4.78, 5) is 19.0. The number of piperazine rings is 1. The second kappa shape index (κ2) is 9.46. The molecule has 0 aromatic heterocycles. The maximum atomic E-state index is 12.7. The molecule has 0 spiro atoms. The number of para-hydroxylation sites is 3. The fourth-order valence-corrected chi connectivity index (χ4v) is 3.53. The zero-order valence-corrected chi connectivity index (χ0v) is 16.9. The molecule has 0 aliphatic carbocycles. The third-order valence-corrected chi connectivity index (χ3v) is 5.18. The fourth-order valence-electron chi connectivity index (χ4n) is 3.53. The second-order valence-electron chi connectivity index (χ2n) is 7.00. The van der Waals surface area contributed by atoms with E-state index in [-0.39, 0.29) is 5.91 Å². The van der Waals surface area contributed by atoms with Crippen LogP contribution in [0.2, 0.25) is 0 Å². The van der Waals surface area contributed by atoms with Crippen LogP contribution in [0.15, 0.2) is 48.5 Å². The number of ether oxygens (including phenoxy) is 2. The largest absolute Gasteiger partial charge is 0.496 e. The van der Waals surface area contributed by atoms with E-state index in [0.29, 0.717) is 13.1 Å². The summed E-state index contributed by atoms with van der Waals surface area (Å²) < 4.78 is 10.9. The molecule has 1 amide bonds. The first-order chi connectivity index (χ1) is 13.6. The van der Waals surface area contributed by atoms with Crippen LogP contribution in [0.25, 0.3) is 0 Å². The van der Waals surface area contributed by atoms with Gasteiger partial charge in [-0.3, -0.25) is 9.69 Å². The van der Waals surface area contributed by atoms with Crippen LogP contribution < -0.4 is 14.4 Å². The number of likely N-dealkylation sites (N-methyl/N-ethyl adjacent to an activating group) is 1. The molecule has 1 aliphatic heterocycles. The van der Waals surface area contributed by atoms with Gasteiger partial charge < -0.3 is 19.3 Å². The molecule has 6 heteroatoms. The summed E-state index contributed by atoms with van der Waals surface area (Å²) >= 11 is 0. The van der Waals surface area contributed by atoms with Gasteiger partial charge in [0, 0.05) is 45.3 Å². The number of rotatable bonds is 7. The van der Waals surface area contributed by atoms with E-state index < -0.39 is 0 Å². The predicted molar refractivity (Wildman–Crippen MR) is 111 cm³/mol. The van der Waals surface area contributed by atoms with Crippen LogP contribution in [-0.4, -0.2) is 69.7 Å². The Balaban J connectivity index is 1.52. The molecule has 2 aromatic rings. The van der Waals surface area contributed by atoms with Crippen molar-refractivity contribution in [3.63, 3.8) is 0 Å². The van der Waals surface area contributed by atoms with Crippen LogP contribution in [0.4, 0.5) is 5.69 Å². The molecule has 6 nitrogen and oxygen atoms in total. The monoisotopic (exact) mass is 383 g/mol. The molecule has 150 valence electrons. The first-order valence-corrected chi connectivity index (χ1v) is 9.58. The van der Waals surface area contributed by atoms with Crippen molar-refractivity contribution >= 4 is 11.6 Å². The minimum atomic E-state index is 0.122. The van der Waals surface area contributed by atoms with Gasteiger partial charge in [0.05, 0.1) is 26.5 Å². The van der Waals surface area contributed by atoms with E-state index in [1.807, 2.05) is 49.5 Å². The van der Waals surface area contributed by atoms with Crippen LogP contribution in [0.1, 0.15) is 5.56 Å². The SMILES string of the molecule is COc1ccccc1CN(C)C(=O)CN1CCN(c2ccccc2OC)CC1. The van der Waals surface area contributed by atoms with E-state index in [4.69, 9.17) is 9.47 Å². The smallest absolute Gasteiger partial charge is 0.236 e. The number of hydrogen-bond donors (Lipinski definition) is 0. The van der Waals surface area contributed by atoms with E-state index in [1.54, 1.807) is 19.1 Å². The Hall–Kier alpha value is -2.73. The van der Waals surface area contributed by atoms with E-state index in [9.17, 15) is 4.79 Å². The zero-order valence-electron chi connectivity index (χ0n) is 16.9. The number of nitrogens with zero attached hydrogens (tertiary/aromatic N) is 3. The molecule has 1 fully saturated rings. The Morgan fingerprint density at radius 2 is 1.54 bits per heavy atom. The van der Waals surface area contributed by atoms with Crippen molar-refractivity contribution < 1.29 is 14.3 Å². The summed E-state index contributed by atoms with van der Waals surface area (Å²) in [5.41, 5.74) is 2.13. The third kappa shape index (κ3) is 4.75. The summed E-state index contributed by atoms with van der Waals surface area (Å²) in [7, 11) is 5.20. The molecule has 2 aromatic carbocycles. The number of methoxy groups -OCH3 is 2. The highest BCUT2D eigenvalue weighted by Gasteiger charge is 2.22. The van der Waals surface area contributed by atoms with Crippen LogP contribution >= 0.6 is 0 Å². The molecule has 0 radical (unpaired) electrons. The van der Waals surface area contributed by atoms with Gasteiger partial charge in [0.1, 0.15) is 11.5 Å². The highest BCUT2D eigenvalue weighted by atomic mass is 16.5. The topological polar surface area (TPSA) is 45.2 Å². The average Bonchev–Trinajstić information content (AvgIpc) is 2.74. The van der Waals surface area contributed by atoms with Gasteiger partial charge >= 0.3 is 0 Å². The third-order valence-electron chi connectivity index (χ3n) is 5.18. The summed E-state index contributed by atoms with van der Waals surface area (Å²) in [5.74, 6) is 1.83. The standard InChI is InChI=1S/C22H29N3O3/c1-23(16-18-8-4-6-10-20(18)27-2)22(26)17-24-12-14-25(15-13-24)19-9-5-7-11-21(19)28-3/h4-11H,12-17H2,1-3H3. The first-order valence-electron chi connectivity index (χ1n) is 9.58. The van der Waals surface area contributed by atoms with Crippen molar-refractivity contribution in [1.82, 2.24) is 9.80 Å². The van der Waals surface area contributed by atoms with Crippen molar-refractivity contribution in [3.8, 4) is 11.5 Å². The summed E-state index contributed by atoms with van der Waals surface area (Å²) in [6, 6.07) is 15.9. The minimum Gasteiger partial charge on any atom is -0.496 e. The Labute approximate surface area is 167 Å². The molecule has 1 saturated heterocycles. The van der Waals surface area contributed by atoms with Crippen molar-refractivity contribution in [2.45, 2.75) is 6.54 Å². The molecule has 0 bridgehead atoms. The lowest BCUT2D eigenvalue weighted by atomic mass is 10.2. The van der Waals surface area contributed by atoms with E-state index in [1.165, 1.54) is 0 Å². The second-order valence-corrected chi connectivity index (χ2v) is 7.00. The number of benzene rings is 2. The summed E-state index contributed by atoms with van der Waals surface area (Å²) in [6.45, 7) is 4.45. The lowest BCUT2D eigenvalue weighted by molar-refractivity contribution is -0.131. The highest BCUT2D eigenvalue weighted by Crippen LogP contribution is 2.28. The molecule has 0 N–H and O–H groups in total. The lowest BCUT2D eigenvalue weighted by Gasteiger charge is -2.36. The Morgan fingerprint density at radius 1 is 0.929 bits per heavy atom. The number of anilines is 1. The van der Waals surface area contributed by atoms with Crippen LogP contribution in [-0.2, 0) is 11.3 Å². The molecule has 0 saturated carbocycles. The number of carbonyl (C=O) groups is 1. The highest BCUT2D eigenvalue weighted by molar-refractivity contribution is 5.78. The predicted octanol–water partition coefficient (Wildman–Crippen LogP) is 2.48. The maximum absolute atomic E-state index is 12.7. The van der Waals surface area contributed by atoms with Crippen molar-refractivity contribution in [1.29, 1.82) is 0 Å². The van der Waals surface area contributed by atoms with Gasteiger partial charge in [-0.2, -0.15) is 0 Å². The van der Waals surface area contributed by atoms with Crippen molar-refractivity contribution in [2.24, 2.45) is 0 Å². The van der Waals surface area contributed by atoms with E-state index in [0.717, 1.165) is 48.9 Å². The van der Waals surface area contributed by atoms with Crippen LogP contribution in [0.5, 0.6) is 11.5 Å². The van der Waals surface area contributed by atoms with Crippen molar-refractivity contribution in [3.05, 3.63) is 54.1 Å². The Kier molecular flexibility index (Phi) is 6.76. The van der Waals surface area contributed by atoms with Gasteiger partial charge in [0.15, 0.2) is 0 Å². The summed E-state index contributed by atoms with van der Waals surface area (Å²) in [5, 5.41) is 0. The number of hydrogen-bond acceptors (Lipinski definition) is 5. The minimum absolute atomic E-state index is 0.122. The van der Waals surface area contributed by atoms with Gasteiger partial charge in [-0.1, -0.05) is 30.3 Å². The van der Waals surface area contributed by atoms with Gasteiger partial charge in [-0.25, -0.2) is 0 Å². The number of amides is 1. The van der Waals surface area contributed by atoms with Crippen LogP contribution in [0.3, 0.4) is 0 Å². The van der Waals surface area contributed by atoms with Gasteiger partial charge in [0.25, 0.3) is 0 Å². The Bertz CT molecular complexity index is 788. The molecule has 0 unspecified atom stereocenters. The quantitative estimate of drug-likeness (QED) is 0.735. The maximum Gasteiger partial charge on any atom is 0.236 e. The normalized spacial score (nSPS) is 14.6. The van der Waals surface area contributed by atoms with Gasteiger partial charge in [-0.15, -0.1) is 0 Å². The van der Waals surface area contributed by atoms with Gasteiger partial charge in [0.2, 0.25) is 5.91 Å². The van der Waals surface area contributed by atoms with Gasteiger partial charge in [-0.05, 0) is 18.2 Å². The molecule has 3 rings (SSSR count). The molecule has 28 heavy (non-hydrogen) atoms.